The molecule has 2 aliphatic heterocycles. The maximum atomic E-state index is 14.7. The first-order valence-electron chi connectivity index (χ1n) is 9.48. The van der Waals surface area contributed by atoms with Gasteiger partial charge in [0.1, 0.15) is 6.10 Å². The lowest BCUT2D eigenvalue weighted by molar-refractivity contribution is -0.119. The van der Waals surface area contributed by atoms with Gasteiger partial charge in [0.05, 0.1) is 19.6 Å². The second-order valence-corrected chi connectivity index (χ2v) is 8.05. The smallest absolute Gasteiger partial charge is 0.414 e. The van der Waals surface area contributed by atoms with Crippen molar-refractivity contribution in [3.8, 4) is 0 Å². The summed E-state index contributed by atoms with van der Waals surface area (Å²) < 4.78 is 20.0. The van der Waals surface area contributed by atoms with Gasteiger partial charge in [0.2, 0.25) is 16.2 Å². The third-order valence-electron chi connectivity index (χ3n) is 4.98. The molecule has 2 aliphatic rings. The number of benzene rings is 1. The van der Waals surface area contributed by atoms with Crippen LogP contribution < -0.4 is 25.8 Å². The Morgan fingerprint density at radius 1 is 1.27 bits per heavy atom. The fourth-order valence-electron chi connectivity index (χ4n) is 3.47. The van der Waals surface area contributed by atoms with E-state index in [2.05, 4.69) is 15.5 Å². The summed E-state index contributed by atoms with van der Waals surface area (Å²) >= 11 is 1.17. The van der Waals surface area contributed by atoms with Gasteiger partial charge < -0.3 is 25.6 Å². The minimum absolute atomic E-state index is 0.172. The summed E-state index contributed by atoms with van der Waals surface area (Å²) in [5, 5.41) is 11.1. The summed E-state index contributed by atoms with van der Waals surface area (Å²) in [7, 11) is 0. The summed E-state index contributed by atoms with van der Waals surface area (Å²) in [4.78, 5) is 28.2. The minimum Gasteiger partial charge on any atom is -0.442 e. The first-order chi connectivity index (χ1) is 14.4. The molecule has 1 aromatic carbocycles. The van der Waals surface area contributed by atoms with Gasteiger partial charge in [-0.1, -0.05) is 11.3 Å². The van der Waals surface area contributed by atoms with Gasteiger partial charge in [0.15, 0.2) is 6.30 Å². The molecule has 2 atom stereocenters. The van der Waals surface area contributed by atoms with E-state index < -0.39 is 18.5 Å². The highest BCUT2D eigenvalue weighted by molar-refractivity contribution is 7.18. The third-order valence-corrected chi connectivity index (χ3v) is 5.76. The number of piperazine rings is 1. The Hall–Kier alpha value is -3.15. The van der Waals surface area contributed by atoms with Gasteiger partial charge in [-0.05, 0) is 24.3 Å². The predicted molar refractivity (Wildman–Crippen MR) is 112 cm³/mol. The lowest BCUT2D eigenvalue weighted by Crippen LogP contribution is -2.51. The van der Waals surface area contributed by atoms with E-state index in [1.54, 1.807) is 4.90 Å². The summed E-state index contributed by atoms with van der Waals surface area (Å²) in [6.45, 7) is 3.30. The van der Waals surface area contributed by atoms with Crippen molar-refractivity contribution in [1.29, 1.82) is 0 Å². The molecule has 0 spiro atoms. The molecule has 3 heterocycles. The highest BCUT2D eigenvalue weighted by Crippen LogP contribution is 2.29. The molecular weight excluding hydrogens is 413 g/mol. The van der Waals surface area contributed by atoms with Crippen molar-refractivity contribution in [3.05, 3.63) is 24.3 Å². The van der Waals surface area contributed by atoms with Gasteiger partial charge in [-0.25, -0.2) is 9.18 Å². The highest BCUT2D eigenvalue weighted by Gasteiger charge is 2.33. The molecule has 160 valence electrons. The largest absolute Gasteiger partial charge is 0.442 e. The van der Waals surface area contributed by atoms with Crippen LogP contribution in [-0.4, -0.2) is 67.3 Å². The van der Waals surface area contributed by atoms with E-state index in [4.69, 9.17) is 10.5 Å². The molecule has 0 saturated carbocycles. The molecule has 2 aromatic rings. The maximum absolute atomic E-state index is 14.7. The first kappa shape index (κ1) is 20.1. The number of ether oxygens (including phenoxy) is 1. The van der Waals surface area contributed by atoms with Crippen LogP contribution >= 0.6 is 11.3 Å². The van der Waals surface area contributed by atoms with Crippen molar-refractivity contribution < 1.29 is 18.7 Å². The number of nitrogens with zero attached hydrogens (tertiary/aromatic N) is 5. The Labute approximate surface area is 176 Å². The molecule has 2 amide bonds. The molecule has 0 radical (unpaired) electrons. The van der Waals surface area contributed by atoms with Crippen LogP contribution in [0.15, 0.2) is 24.3 Å². The number of hydrogen-bond donors (Lipinski definition) is 2. The zero-order valence-corrected chi connectivity index (χ0v) is 17.1. The lowest BCUT2D eigenvalue weighted by atomic mass is 10.2. The summed E-state index contributed by atoms with van der Waals surface area (Å²) in [6.07, 6.45) is -2.07. The van der Waals surface area contributed by atoms with Gasteiger partial charge in [-0.3, -0.25) is 9.69 Å². The molecular formula is C18H22FN7O3S. The molecule has 12 heteroatoms. The van der Waals surface area contributed by atoms with Crippen LogP contribution in [0, 0.1) is 0 Å². The van der Waals surface area contributed by atoms with Gasteiger partial charge in [0.25, 0.3) is 0 Å². The fraction of sp³-hybridized carbons (Fsp3) is 0.444. The quantitative estimate of drug-likeness (QED) is 0.673. The van der Waals surface area contributed by atoms with Gasteiger partial charge in [0, 0.05) is 31.4 Å². The lowest BCUT2D eigenvalue weighted by Gasteiger charge is -2.38. The predicted octanol–water partition coefficient (Wildman–Crippen LogP) is 1.20. The van der Waals surface area contributed by atoms with Gasteiger partial charge in [-0.15, -0.1) is 10.2 Å². The molecule has 1 unspecified atom stereocenters. The first-order valence-corrected chi connectivity index (χ1v) is 10.3. The Balaban J connectivity index is 1.37. The van der Waals surface area contributed by atoms with Crippen molar-refractivity contribution in [2.75, 3.05) is 53.2 Å². The highest BCUT2D eigenvalue weighted by atomic mass is 32.1. The zero-order valence-electron chi connectivity index (χ0n) is 16.3. The molecule has 2 fully saturated rings. The van der Waals surface area contributed by atoms with Crippen LogP contribution in [0.25, 0.3) is 0 Å². The Morgan fingerprint density at radius 2 is 2.00 bits per heavy atom. The number of carbonyl (C=O) groups excluding carboxylic acids is 2. The number of nitrogens with two attached hydrogens (primary N) is 1. The molecule has 4 rings (SSSR count). The molecule has 0 bridgehead atoms. The fourth-order valence-corrected chi connectivity index (χ4v) is 4.15. The molecule has 30 heavy (non-hydrogen) atoms. The van der Waals surface area contributed by atoms with Crippen molar-refractivity contribution in [2.45, 2.75) is 19.3 Å². The van der Waals surface area contributed by atoms with Gasteiger partial charge in [-0.2, -0.15) is 0 Å². The van der Waals surface area contributed by atoms with E-state index in [1.165, 1.54) is 23.2 Å². The number of hydrogen-bond acceptors (Lipinski definition) is 9. The van der Waals surface area contributed by atoms with E-state index in [0.717, 1.165) is 5.69 Å². The monoisotopic (exact) mass is 435 g/mol. The topological polar surface area (TPSA) is 117 Å². The molecule has 2 saturated heterocycles. The number of nitrogen functional groups attached to an aromatic ring is 1. The average Bonchev–Trinajstić information content (AvgIpc) is 3.32. The number of halogens is 1. The number of nitrogens with one attached hydrogen (secondary N) is 1. The van der Waals surface area contributed by atoms with Gasteiger partial charge >= 0.3 is 6.09 Å². The Morgan fingerprint density at radius 3 is 2.63 bits per heavy atom. The zero-order chi connectivity index (χ0) is 21.3. The van der Waals surface area contributed by atoms with Crippen molar-refractivity contribution in [3.63, 3.8) is 0 Å². The van der Waals surface area contributed by atoms with E-state index >= 15 is 0 Å². The summed E-state index contributed by atoms with van der Waals surface area (Å²) in [5.74, 6) is -0.172. The van der Waals surface area contributed by atoms with Crippen LogP contribution in [0.4, 0.5) is 30.8 Å². The van der Waals surface area contributed by atoms with E-state index in [0.29, 0.717) is 35.6 Å². The number of alkyl halides is 1. The average molecular weight is 435 g/mol. The Kier molecular flexibility index (Phi) is 5.57. The second kappa shape index (κ2) is 8.30. The number of cyclic esters (lactones) is 1. The number of anilines is 4. The number of rotatable bonds is 5. The third kappa shape index (κ3) is 4.22. The van der Waals surface area contributed by atoms with E-state index in [-0.39, 0.29) is 19.0 Å². The number of carbonyl (C=O) groups is 2. The standard InChI is InChI=1S/C18H22FN7O3S/c1-11(27)21-8-14-9-26(18(28)29-14)13-4-2-12(3-5-13)24-6-7-25(15(19)10-24)17-23-22-16(20)30-17/h2-5,14-15H,6-10H2,1H3,(H2,20,22)(H,21,27)/t14-,15?/m0/s1. The Bertz CT molecular complexity index is 925. The van der Waals surface area contributed by atoms with E-state index in [1.807, 2.05) is 29.2 Å². The van der Waals surface area contributed by atoms with Crippen LogP contribution in [-0.2, 0) is 9.53 Å². The van der Waals surface area contributed by atoms with E-state index in [9.17, 15) is 14.0 Å². The normalized spacial score (nSPS) is 21.7. The van der Waals surface area contributed by atoms with Crippen LogP contribution in [0.3, 0.4) is 0 Å². The number of aromatic nitrogens is 2. The minimum atomic E-state index is -1.23. The summed E-state index contributed by atoms with van der Waals surface area (Å²) in [6, 6.07) is 7.33. The van der Waals surface area contributed by atoms with Crippen LogP contribution in [0.5, 0.6) is 0 Å². The summed E-state index contributed by atoms with van der Waals surface area (Å²) in [5.41, 5.74) is 7.14. The SMILES string of the molecule is CC(=O)NC[C@H]1CN(c2ccc(N3CCN(c4nnc(N)s4)C(F)C3)cc2)C(=O)O1. The van der Waals surface area contributed by atoms with Crippen LogP contribution in [0.1, 0.15) is 6.92 Å². The molecule has 10 nitrogen and oxygen atoms in total. The van der Waals surface area contributed by atoms with Crippen molar-refractivity contribution >= 4 is 45.0 Å². The molecule has 0 aliphatic carbocycles. The van der Waals surface area contributed by atoms with Crippen LogP contribution in [0.2, 0.25) is 0 Å². The van der Waals surface area contributed by atoms with Crippen molar-refractivity contribution in [1.82, 2.24) is 15.5 Å². The second-order valence-electron chi connectivity index (χ2n) is 7.07. The van der Waals surface area contributed by atoms with Crippen molar-refractivity contribution in [2.24, 2.45) is 0 Å². The number of amides is 2. The maximum Gasteiger partial charge on any atom is 0.414 e. The molecule has 1 aromatic heterocycles. The molecule has 3 N–H and O–H groups in total.